The largest absolute Gasteiger partial charge is 0.289 e. The highest BCUT2D eigenvalue weighted by Crippen LogP contribution is 2.46. The van der Waals surface area contributed by atoms with Crippen molar-refractivity contribution < 1.29 is 0 Å². The first-order valence-corrected chi connectivity index (χ1v) is 5.60. The minimum atomic E-state index is 0.405. The van der Waals surface area contributed by atoms with Gasteiger partial charge in [-0.1, -0.05) is 38.2 Å². The summed E-state index contributed by atoms with van der Waals surface area (Å²) in [5.41, 5.74) is 3.24. The molecule has 78 valence electrons. The lowest BCUT2D eigenvalue weighted by Crippen LogP contribution is -2.39. The van der Waals surface area contributed by atoms with E-state index in [9.17, 15) is 0 Å². The maximum Gasteiger partial charge on any atom is 0.0293 e. The van der Waals surface area contributed by atoms with Crippen LogP contribution in [0.1, 0.15) is 33.1 Å². The van der Waals surface area contributed by atoms with Gasteiger partial charge in [-0.3, -0.25) is 4.90 Å². The fourth-order valence-electron chi connectivity index (χ4n) is 3.29. The minimum Gasteiger partial charge on any atom is -0.289 e. The molecule has 2 saturated heterocycles. The molecule has 0 N–H and O–H groups in total. The summed E-state index contributed by atoms with van der Waals surface area (Å²) in [7, 11) is 0. The summed E-state index contributed by atoms with van der Waals surface area (Å²) >= 11 is 0. The molecule has 2 aliphatic rings. The van der Waals surface area contributed by atoms with E-state index in [0.29, 0.717) is 5.54 Å². The average Bonchev–Trinajstić information content (AvgIpc) is 2.36. The third-order valence-electron chi connectivity index (χ3n) is 3.45. The molecule has 2 fully saturated rings. The Kier molecular flexibility index (Phi) is 2.30. The van der Waals surface area contributed by atoms with E-state index in [2.05, 4.69) is 31.9 Å². The Morgan fingerprint density at radius 3 is 2.14 bits per heavy atom. The van der Waals surface area contributed by atoms with E-state index >= 15 is 0 Å². The molecule has 0 spiro atoms. The molecule has 0 saturated carbocycles. The van der Waals surface area contributed by atoms with Gasteiger partial charge in [0.1, 0.15) is 0 Å². The van der Waals surface area contributed by atoms with E-state index in [4.69, 9.17) is 0 Å². The quantitative estimate of drug-likeness (QED) is 0.606. The third kappa shape index (κ3) is 1.54. The summed E-state index contributed by atoms with van der Waals surface area (Å²) in [6, 6.07) is 0. The summed E-state index contributed by atoms with van der Waals surface area (Å²) in [6.45, 7) is 15.1. The standard InChI is InChI=1S/C13H21N/c1-10(2)5-13-6-11(3)8-14(13)9-12(4)7-13/h10H,3-9H2,1-2H3. The van der Waals surface area contributed by atoms with Crippen molar-refractivity contribution in [1.29, 1.82) is 0 Å². The molecule has 1 heteroatoms. The van der Waals surface area contributed by atoms with Crippen molar-refractivity contribution in [2.75, 3.05) is 13.1 Å². The summed E-state index contributed by atoms with van der Waals surface area (Å²) in [5, 5.41) is 0. The lowest BCUT2D eigenvalue weighted by Gasteiger charge is -2.32. The fourth-order valence-corrected chi connectivity index (χ4v) is 3.29. The second-order valence-electron chi connectivity index (χ2n) is 5.53. The second kappa shape index (κ2) is 3.23. The number of nitrogens with zero attached hydrogens (tertiary/aromatic N) is 1. The SMILES string of the molecule is C=C1CN2CC(=C)CC2(CC(C)C)C1. The molecular weight excluding hydrogens is 170 g/mol. The van der Waals surface area contributed by atoms with Gasteiger partial charge in [-0.25, -0.2) is 0 Å². The van der Waals surface area contributed by atoms with Gasteiger partial charge in [-0.05, 0) is 25.2 Å². The monoisotopic (exact) mass is 191 g/mol. The molecule has 1 nitrogen and oxygen atoms in total. The van der Waals surface area contributed by atoms with Crippen LogP contribution in [-0.4, -0.2) is 23.5 Å². The van der Waals surface area contributed by atoms with Crippen LogP contribution in [0, 0.1) is 5.92 Å². The smallest absolute Gasteiger partial charge is 0.0293 e. The Balaban J connectivity index is 2.20. The minimum absolute atomic E-state index is 0.405. The Morgan fingerprint density at radius 2 is 1.71 bits per heavy atom. The van der Waals surface area contributed by atoms with Crippen molar-refractivity contribution in [1.82, 2.24) is 4.90 Å². The molecule has 0 radical (unpaired) electrons. The van der Waals surface area contributed by atoms with Crippen LogP contribution < -0.4 is 0 Å². The van der Waals surface area contributed by atoms with Gasteiger partial charge in [0.25, 0.3) is 0 Å². The van der Waals surface area contributed by atoms with Crippen LogP contribution >= 0.6 is 0 Å². The molecule has 0 unspecified atom stereocenters. The van der Waals surface area contributed by atoms with Crippen LogP contribution in [0.2, 0.25) is 0 Å². The van der Waals surface area contributed by atoms with Crippen LogP contribution in [0.25, 0.3) is 0 Å². The fraction of sp³-hybridized carbons (Fsp3) is 0.692. The van der Waals surface area contributed by atoms with E-state index in [0.717, 1.165) is 19.0 Å². The second-order valence-corrected chi connectivity index (χ2v) is 5.53. The summed E-state index contributed by atoms with van der Waals surface area (Å²) < 4.78 is 0. The molecule has 2 heterocycles. The zero-order valence-electron chi connectivity index (χ0n) is 9.47. The van der Waals surface area contributed by atoms with Gasteiger partial charge in [-0.15, -0.1) is 0 Å². The number of rotatable bonds is 2. The lowest BCUT2D eigenvalue weighted by molar-refractivity contribution is 0.163. The normalized spacial score (nSPS) is 26.2. The Morgan fingerprint density at radius 1 is 1.21 bits per heavy atom. The highest BCUT2D eigenvalue weighted by molar-refractivity contribution is 5.26. The van der Waals surface area contributed by atoms with E-state index in [1.807, 2.05) is 0 Å². The van der Waals surface area contributed by atoms with Crippen molar-refractivity contribution in [3.8, 4) is 0 Å². The Labute approximate surface area is 87.5 Å². The van der Waals surface area contributed by atoms with E-state index in [1.165, 1.54) is 30.4 Å². The van der Waals surface area contributed by atoms with Crippen LogP contribution in [0.15, 0.2) is 24.3 Å². The molecule has 0 aromatic rings. The van der Waals surface area contributed by atoms with Gasteiger partial charge >= 0.3 is 0 Å². The zero-order chi connectivity index (χ0) is 10.3. The van der Waals surface area contributed by atoms with Gasteiger partial charge in [0.2, 0.25) is 0 Å². The van der Waals surface area contributed by atoms with Crippen molar-refractivity contribution in [3.05, 3.63) is 24.3 Å². The van der Waals surface area contributed by atoms with Crippen molar-refractivity contribution in [3.63, 3.8) is 0 Å². The van der Waals surface area contributed by atoms with Gasteiger partial charge in [-0.2, -0.15) is 0 Å². The molecule has 2 rings (SSSR count). The molecule has 0 aromatic heterocycles. The lowest BCUT2D eigenvalue weighted by atomic mass is 9.84. The predicted molar refractivity (Wildman–Crippen MR) is 61.3 cm³/mol. The number of hydrogen-bond donors (Lipinski definition) is 0. The van der Waals surface area contributed by atoms with E-state index in [-0.39, 0.29) is 0 Å². The predicted octanol–water partition coefficient (Wildman–Crippen LogP) is 2.99. The summed E-state index contributed by atoms with van der Waals surface area (Å²) in [4.78, 5) is 2.59. The first kappa shape index (κ1) is 9.97. The summed E-state index contributed by atoms with van der Waals surface area (Å²) in [6.07, 6.45) is 3.69. The average molecular weight is 191 g/mol. The maximum absolute atomic E-state index is 4.14. The molecule has 0 bridgehead atoms. The topological polar surface area (TPSA) is 3.24 Å². The van der Waals surface area contributed by atoms with Gasteiger partial charge in [0.15, 0.2) is 0 Å². The van der Waals surface area contributed by atoms with Crippen LogP contribution in [-0.2, 0) is 0 Å². The third-order valence-corrected chi connectivity index (χ3v) is 3.45. The molecule has 14 heavy (non-hydrogen) atoms. The van der Waals surface area contributed by atoms with Crippen LogP contribution in [0.5, 0.6) is 0 Å². The van der Waals surface area contributed by atoms with Crippen LogP contribution in [0.3, 0.4) is 0 Å². The molecule has 0 amide bonds. The van der Waals surface area contributed by atoms with Gasteiger partial charge < -0.3 is 0 Å². The van der Waals surface area contributed by atoms with E-state index < -0.39 is 0 Å². The Bertz CT molecular complexity index is 255. The molecule has 0 atom stereocenters. The first-order chi connectivity index (χ1) is 6.52. The molecule has 0 aromatic carbocycles. The summed E-state index contributed by atoms with van der Waals surface area (Å²) in [5.74, 6) is 0.772. The van der Waals surface area contributed by atoms with E-state index in [1.54, 1.807) is 0 Å². The van der Waals surface area contributed by atoms with Crippen LogP contribution in [0.4, 0.5) is 0 Å². The zero-order valence-corrected chi connectivity index (χ0v) is 9.47. The molecular formula is C13H21N. The highest BCUT2D eigenvalue weighted by atomic mass is 15.2. The molecule has 0 aliphatic carbocycles. The highest BCUT2D eigenvalue weighted by Gasteiger charge is 2.46. The van der Waals surface area contributed by atoms with Crippen molar-refractivity contribution in [2.45, 2.75) is 38.6 Å². The van der Waals surface area contributed by atoms with Gasteiger partial charge in [0.05, 0.1) is 0 Å². The molecule has 2 aliphatic heterocycles. The number of fused-ring (bicyclic) bond motifs is 1. The first-order valence-electron chi connectivity index (χ1n) is 5.60. The van der Waals surface area contributed by atoms with Crippen molar-refractivity contribution >= 4 is 0 Å². The number of hydrogen-bond acceptors (Lipinski definition) is 1. The maximum atomic E-state index is 4.14. The van der Waals surface area contributed by atoms with Crippen molar-refractivity contribution in [2.24, 2.45) is 5.92 Å². The Hall–Kier alpha value is -0.560. The van der Waals surface area contributed by atoms with Gasteiger partial charge in [0, 0.05) is 18.6 Å².